The Labute approximate surface area is 105 Å². The molecule has 0 saturated carbocycles. The van der Waals surface area contributed by atoms with Crippen LogP contribution in [-0.4, -0.2) is 7.05 Å². The Hall–Kier alpha value is -0.0500. The largest absolute Gasteiger partial charge is 0.313 e. The fourth-order valence-electron chi connectivity index (χ4n) is 1.79. The molecule has 0 radical (unpaired) electrons. The molecule has 1 N–H and O–H groups in total. The normalized spacial score (nSPS) is 14.0. The van der Waals surface area contributed by atoms with Gasteiger partial charge in [-0.1, -0.05) is 48.3 Å². The van der Waals surface area contributed by atoms with Crippen molar-refractivity contribution >= 4 is 27.5 Å². The molecule has 0 aliphatic carbocycles. The highest BCUT2D eigenvalue weighted by Gasteiger charge is 2.26. The van der Waals surface area contributed by atoms with Crippen LogP contribution in [0.2, 0.25) is 5.02 Å². The molecular weight excluding hydrogens is 273 g/mol. The van der Waals surface area contributed by atoms with Gasteiger partial charge < -0.3 is 5.32 Å². The number of nitrogens with one attached hydrogen (secondary N) is 1. The first-order valence-electron chi connectivity index (χ1n) is 4.98. The van der Waals surface area contributed by atoms with Gasteiger partial charge in [0.2, 0.25) is 0 Å². The summed E-state index contributed by atoms with van der Waals surface area (Å²) in [6.07, 6.45) is 0. The van der Waals surface area contributed by atoms with E-state index < -0.39 is 0 Å². The highest BCUT2D eigenvalue weighted by molar-refractivity contribution is 9.10. The lowest BCUT2D eigenvalue weighted by Crippen LogP contribution is -2.29. The molecule has 0 fully saturated rings. The Morgan fingerprint density at radius 3 is 2.40 bits per heavy atom. The Kier molecular flexibility index (Phi) is 4.21. The van der Waals surface area contributed by atoms with Crippen LogP contribution < -0.4 is 5.32 Å². The van der Waals surface area contributed by atoms with Crippen LogP contribution in [0.1, 0.15) is 32.4 Å². The second-order valence-electron chi connectivity index (χ2n) is 4.75. The van der Waals surface area contributed by atoms with Crippen LogP contribution in [0, 0.1) is 5.41 Å². The van der Waals surface area contributed by atoms with Crippen LogP contribution in [0.15, 0.2) is 22.7 Å². The van der Waals surface area contributed by atoms with Crippen LogP contribution in [0.4, 0.5) is 0 Å². The van der Waals surface area contributed by atoms with E-state index in [4.69, 9.17) is 11.6 Å². The van der Waals surface area contributed by atoms with E-state index >= 15 is 0 Å². The van der Waals surface area contributed by atoms with Crippen LogP contribution in [-0.2, 0) is 0 Å². The summed E-state index contributed by atoms with van der Waals surface area (Å²) < 4.78 is 1.10. The lowest BCUT2D eigenvalue weighted by atomic mass is 9.82. The maximum absolute atomic E-state index is 6.02. The Balaban J connectivity index is 3.18. The summed E-state index contributed by atoms with van der Waals surface area (Å²) in [4.78, 5) is 0. The van der Waals surface area contributed by atoms with Crippen LogP contribution in [0.25, 0.3) is 0 Å². The molecule has 1 unspecified atom stereocenters. The molecule has 1 rings (SSSR count). The molecule has 0 aliphatic heterocycles. The maximum Gasteiger partial charge on any atom is 0.0410 e. The average molecular weight is 291 g/mol. The van der Waals surface area contributed by atoms with Gasteiger partial charge in [-0.05, 0) is 36.2 Å². The third-order valence-corrected chi connectivity index (χ3v) is 3.38. The standard InChI is InChI=1S/C12H17BrClN/c1-12(2,3)11(15-4)9-7-8(14)5-6-10(9)13/h5-7,11,15H,1-4H3. The molecule has 0 heterocycles. The van der Waals surface area contributed by atoms with E-state index in [0.29, 0.717) is 0 Å². The zero-order valence-corrected chi connectivity index (χ0v) is 11.9. The molecule has 0 spiro atoms. The third-order valence-electron chi connectivity index (χ3n) is 2.42. The SMILES string of the molecule is CNC(c1cc(Cl)ccc1Br)C(C)(C)C. The molecule has 1 aromatic carbocycles. The third kappa shape index (κ3) is 3.20. The number of halogens is 2. The fraction of sp³-hybridized carbons (Fsp3) is 0.500. The molecule has 84 valence electrons. The van der Waals surface area contributed by atoms with Gasteiger partial charge in [-0.3, -0.25) is 0 Å². The molecule has 0 saturated heterocycles. The van der Waals surface area contributed by atoms with Crippen molar-refractivity contribution in [2.45, 2.75) is 26.8 Å². The van der Waals surface area contributed by atoms with Crippen molar-refractivity contribution in [2.75, 3.05) is 7.05 Å². The molecule has 3 heteroatoms. The van der Waals surface area contributed by atoms with Gasteiger partial charge in [0, 0.05) is 15.5 Å². The van der Waals surface area contributed by atoms with Gasteiger partial charge in [-0.25, -0.2) is 0 Å². The molecule has 0 aromatic heterocycles. The Bertz CT molecular complexity index is 344. The van der Waals surface area contributed by atoms with Gasteiger partial charge in [0.1, 0.15) is 0 Å². The first kappa shape index (κ1) is 13.0. The molecular formula is C12H17BrClN. The van der Waals surface area contributed by atoms with Crippen molar-refractivity contribution in [3.05, 3.63) is 33.3 Å². The van der Waals surface area contributed by atoms with Crippen molar-refractivity contribution < 1.29 is 0 Å². The van der Waals surface area contributed by atoms with Gasteiger partial charge in [-0.15, -0.1) is 0 Å². The van der Waals surface area contributed by atoms with E-state index in [-0.39, 0.29) is 11.5 Å². The molecule has 0 amide bonds. The van der Waals surface area contributed by atoms with Gasteiger partial charge >= 0.3 is 0 Å². The van der Waals surface area contributed by atoms with E-state index in [0.717, 1.165) is 9.50 Å². The summed E-state index contributed by atoms with van der Waals surface area (Å²) in [6, 6.07) is 6.18. The zero-order valence-electron chi connectivity index (χ0n) is 9.57. The lowest BCUT2D eigenvalue weighted by molar-refractivity contribution is 0.286. The van der Waals surface area contributed by atoms with Crippen LogP contribution in [0.3, 0.4) is 0 Å². The Morgan fingerprint density at radius 1 is 1.33 bits per heavy atom. The summed E-state index contributed by atoms with van der Waals surface area (Å²) in [5, 5.41) is 4.11. The van der Waals surface area contributed by atoms with Crippen LogP contribution in [0.5, 0.6) is 0 Å². The van der Waals surface area contributed by atoms with Crippen molar-refractivity contribution in [1.82, 2.24) is 5.32 Å². The zero-order chi connectivity index (χ0) is 11.6. The van der Waals surface area contributed by atoms with Crippen molar-refractivity contribution in [1.29, 1.82) is 0 Å². The second kappa shape index (κ2) is 4.86. The summed E-state index contributed by atoms with van der Waals surface area (Å²) in [7, 11) is 1.98. The van der Waals surface area contributed by atoms with Crippen molar-refractivity contribution in [3.63, 3.8) is 0 Å². The number of hydrogen-bond donors (Lipinski definition) is 1. The van der Waals surface area contributed by atoms with E-state index in [9.17, 15) is 0 Å². The predicted octanol–water partition coefficient (Wildman–Crippen LogP) is 4.41. The van der Waals surface area contributed by atoms with E-state index in [2.05, 4.69) is 42.0 Å². The predicted molar refractivity (Wildman–Crippen MR) is 70.4 cm³/mol. The highest BCUT2D eigenvalue weighted by atomic mass is 79.9. The average Bonchev–Trinajstić information content (AvgIpc) is 2.10. The van der Waals surface area contributed by atoms with Gasteiger partial charge in [0.05, 0.1) is 0 Å². The monoisotopic (exact) mass is 289 g/mol. The van der Waals surface area contributed by atoms with Gasteiger partial charge in [-0.2, -0.15) is 0 Å². The molecule has 1 atom stereocenters. The molecule has 0 aliphatic rings. The maximum atomic E-state index is 6.02. The van der Waals surface area contributed by atoms with Gasteiger partial charge in [0.15, 0.2) is 0 Å². The van der Waals surface area contributed by atoms with Crippen molar-refractivity contribution in [2.24, 2.45) is 5.41 Å². The van der Waals surface area contributed by atoms with Gasteiger partial charge in [0.25, 0.3) is 0 Å². The minimum Gasteiger partial charge on any atom is -0.313 e. The quantitative estimate of drug-likeness (QED) is 0.851. The minimum atomic E-state index is 0.155. The lowest BCUT2D eigenvalue weighted by Gasteiger charge is -2.31. The fourth-order valence-corrected chi connectivity index (χ4v) is 2.45. The molecule has 15 heavy (non-hydrogen) atoms. The summed E-state index contributed by atoms with van der Waals surface area (Å²) in [5.74, 6) is 0. The minimum absolute atomic E-state index is 0.155. The summed E-state index contributed by atoms with van der Waals surface area (Å²) in [6.45, 7) is 6.63. The van der Waals surface area contributed by atoms with E-state index in [1.165, 1.54) is 5.56 Å². The van der Waals surface area contributed by atoms with E-state index in [1.807, 2.05) is 25.2 Å². The molecule has 1 nitrogen and oxygen atoms in total. The number of rotatable bonds is 2. The molecule has 1 aromatic rings. The first-order valence-corrected chi connectivity index (χ1v) is 6.15. The highest BCUT2D eigenvalue weighted by Crippen LogP contribution is 2.37. The van der Waals surface area contributed by atoms with E-state index in [1.54, 1.807) is 0 Å². The first-order chi connectivity index (χ1) is 6.86. The summed E-state index contributed by atoms with van der Waals surface area (Å²) in [5.41, 5.74) is 1.36. The van der Waals surface area contributed by atoms with Crippen LogP contribution >= 0.6 is 27.5 Å². The second-order valence-corrected chi connectivity index (χ2v) is 6.04. The number of hydrogen-bond acceptors (Lipinski definition) is 1. The number of benzene rings is 1. The smallest absolute Gasteiger partial charge is 0.0410 e. The summed E-state index contributed by atoms with van der Waals surface area (Å²) >= 11 is 9.59. The van der Waals surface area contributed by atoms with Crippen molar-refractivity contribution in [3.8, 4) is 0 Å². The Morgan fingerprint density at radius 2 is 1.93 bits per heavy atom. The topological polar surface area (TPSA) is 12.0 Å². The molecule has 0 bridgehead atoms.